The van der Waals surface area contributed by atoms with E-state index in [4.69, 9.17) is 10.8 Å². The lowest BCUT2D eigenvalue weighted by Crippen LogP contribution is -2.20. The molecule has 1 heterocycles. The van der Waals surface area contributed by atoms with Gasteiger partial charge in [0.05, 0.1) is 4.47 Å². The number of amides is 1. The molecule has 0 aliphatic rings. The first-order valence-electron chi connectivity index (χ1n) is 3.88. The van der Waals surface area contributed by atoms with Gasteiger partial charge in [0, 0.05) is 0 Å². The number of nitrogens with zero attached hydrogens (tertiary/aromatic N) is 3. The zero-order valence-electron chi connectivity index (χ0n) is 7.86. The van der Waals surface area contributed by atoms with Crippen LogP contribution in [0.5, 0.6) is 0 Å². The molecule has 0 unspecified atom stereocenters. The quantitative estimate of drug-likeness (QED) is 0.606. The normalized spacial score (nSPS) is 12.6. The second-order valence-electron chi connectivity index (χ2n) is 2.66. The Kier molecular flexibility index (Phi) is 3.66. The number of hydrogen-bond acceptors (Lipinski definition) is 3. The maximum Gasteiger partial charge on any atom is 0.434 e. The summed E-state index contributed by atoms with van der Waals surface area (Å²) in [5.74, 6) is -0.655. The summed E-state index contributed by atoms with van der Waals surface area (Å²) < 4.78 is 36.8. The molecule has 17 heavy (non-hydrogen) atoms. The van der Waals surface area contributed by atoms with Crippen molar-refractivity contribution in [2.45, 2.75) is 6.18 Å². The molecule has 0 atom stereocenters. The van der Waals surface area contributed by atoms with E-state index >= 15 is 0 Å². The maximum atomic E-state index is 12.4. The summed E-state index contributed by atoms with van der Waals surface area (Å²) in [6, 6.07) is 0. The Bertz CT molecular complexity index is 488. The van der Waals surface area contributed by atoms with Crippen molar-refractivity contribution in [2.75, 3.05) is 0 Å². The number of rotatable bonds is 1. The highest BCUT2D eigenvalue weighted by molar-refractivity contribution is 9.10. The minimum absolute atomic E-state index is 0.435. The molecule has 0 aromatic carbocycles. The van der Waals surface area contributed by atoms with Crippen LogP contribution in [0, 0.1) is 0 Å². The van der Waals surface area contributed by atoms with Crippen molar-refractivity contribution in [1.29, 1.82) is 0 Å². The number of halogens is 4. The summed E-state index contributed by atoms with van der Waals surface area (Å²) in [5.41, 5.74) is 3.50. The molecular formula is C7H4BrF3N4O2. The van der Waals surface area contributed by atoms with Gasteiger partial charge in [-0.25, -0.2) is 14.8 Å². The van der Waals surface area contributed by atoms with Gasteiger partial charge in [-0.05, 0) is 15.9 Å². The summed E-state index contributed by atoms with van der Waals surface area (Å²) in [6.07, 6.45) is -5.73. The van der Waals surface area contributed by atoms with Crippen molar-refractivity contribution < 1.29 is 23.1 Å². The third-order valence-electron chi connectivity index (χ3n) is 1.52. The van der Waals surface area contributed by atoms with Crippen LogP contribution in [0.2, 0.25) is 0 Å². The molecule has 0 bridgehead atoms. The van der Waals surface area contributed by atoms with E-state index in [1.807, 2.05) is 0 Å². The van der Waals surface area contributed by atoms with Crippen LogP contribution in [-0.4, -0.2) is 27.0 Å². The van der Waals surface area contributed by atoms with Gasteiger partial charge in [-0.15, -0.1) is 0 Å². The molecule has 0 fully saturated rings. The van der Waals surface area contributed by atoms with Gasteiger partial charge >= 0.3 is 12.3 Å². The van der Waals surface area contributed by atoms with Crippen LogP contribution in [0.1, 0.15) is 11.4 Å². The first-order chi connectivity index (χ1) is 7.73. The largest absolute Gasteiger partial charge is 0.463 e. The van der Waals surface area contributed by atoms with E-state index in [0.29, 0.717) is 6.33 Å². The first kappa shape index (κ1) is 13.4. The molecule has 0 radical (unpaired) electrons. The second kappa shape index (κ2) is 4.65. The van der Waals surface area contributed by atoms with E-state index in [9.17, 15) is 18.0 Å². The van der Waals surface area contributed by atoms with Gasteiger partial charge in [0.2, 0.25) is 0 Å². The Morgan fingerprint density at radius 2 is 2.06 bits per heavy atom. The summed E-state index contributed by atoms with van der Waals surface area (Å²) >= 11 is 2.61. The standard InChI is InChI=1S/C7H4BrF3N4O2/c8-2-3(5(12)15-6(16)17)13-1-14-4(2)7(9,10)11/h1H,(H2,12,15)(H,16,17). The number of carboxylic acid groups (broad SMARTS) is 1. The summed E-state index contributed by atoms with van der Waals surface area (Å²) in [5, 5.41) is 8.32. The number of carbonyl (C=O) groups is 1. The van der Waals surface area contributed by atoms with Crippen LogP contribution in [0.25, 0.3) is 0 Å². The van der Waals surface area contributed by atoms with Gasteiger partial charge in [-0.2, -0.15) is 18.2 Å². The Morgan fingerprint density at radius 3 is 2.53 bits per heavy atom. The molecule has 1 rings (SSSR count). The van der Waals surface area contributed by atoms with E-state index in [1.165, 1.54) is 0 Å². The van der Waals surface area contributed by atoms with E-state index in [2.05, 4.69) is 30.9 Å². The van der Waals surface area contributed by atoms with E-state index in [1.54, 1.807) is 0 Å². The average Bonchev–Trinajstić information content (AvgIpc) is 2.14. The summed E-state index contributed by atoms with van der Waals surface area (Å²) in [4.78, 5) is 19.5. The molecule has 0 saturated carbocycles. The average molecular weight is 313 g/mol. The molecule has 92 valence electrons. The Morgan fingerprint density at radius 1 is 1.47 bits per heavy atom. The number of amidine groups is 1. The fraction of sp³-hybridized carbons (Fsp3) is 0.143. The topological polar surface area (TPSA) is 101 Å². The number of aliphatic imine (C=N–C) groups is 1. The zero-order valence-corrected chi connectivity index (χ0v) is 9.45. The predicted octanol–water partition coefficient (Wildman–Crippen LogP) is 1.64. The van der Waals surface area contributed by atoms with Crippen LogP contribution in [-0.2, 0) is 6.18 Å². The first-order valence-corrected chi connectivity index (χ1v) is 4.68. The highest BCUT2D eigenvalue weighted by atomic mass is 79.9. The molecule has 0 aliphatic carbocycles. The third kappa shape index (κ3) is 3.12. The number of nitrogens with two attached hydrogens (primary N) is 1. The molecule has 1 aromatic heterocycles. The lowest BCUT2D eigenvalue weighted by atomic mass is 10.3. The van der Waals surface area contributed by atoms with Crippen molar-refractivity contribution in [1.82, 2.24) is 9.97 Å². The predicted molar refractivity (Wildman–Crippen MR) is 53.5 cm³/mol. The lowest BCUT2D eigenvalue weighted by Gasteiger charge is -2.09. The second-order valence-corrected chi connectivity index (χ2v) is 3.46. The molecule has 6 nitrogen and oxygen atoms in total. The summed E-state index contributed by atoms with van der Waals surface area (Å²) in [7, 11) is 0. The minimum Gasteiger partial charge on any atom is -0.463 e. The molecule has 0 spiro atoms. The molecule has 0 aliphatic heterocycles. The van der Waals surface area contributed by atoms with E-state index in [0.717, 1.165) is 0 Å². The monoisotopic (exact) mass is 312 g/mol. The molecule has 0 saturated heterocycles. The van der Waals surface area contributed by atoms with Crippen LogP contribution in [0.15, 0.2) is 15.8 Å². The van der Waals surface area contributed by atoms with Gasteiger partial charge in [0.1, 0.15) is 12.0 Å². The van der Waals surface area contributed by atoms with Gasteiger partial charge in [-0.3, -0.25) is 0 Å². The zero-order chi connectivity index (χ0) is 13.2. The van der Waals surface area contributed by atoms with Crippen LogP contribution in [0.3, 0.4) is 0 Å². The van der Waals surface area contributed by atoms with Gasteiger partial charge in [-0.1, -0.05) is 0 Å². The van der Waals surface area contributed by atoms with Crippen molar-refractivity contribution in [3.8, 4) is 0 Å². The third-order valence-corrected chi connectivity index (χ3v) is 2.27. The number of aromatic nitrogens is 2. The molecule has 3 N–H and O–H groups in total. The van der Waals surface area contributed by atoms with E-state index < -0.39 is 34.0 Å². The fourth-order valence-electron chi connectivity index (χ4n) is 0.902. The van der Waals surface area contributed by atoms with Crippen molar-refractivity contribution in [3.05, 3.63) is 22.2 Å². The molecule has 1 aromatic rings. The summed E-state index contributed by atoms with van der Waals surface area (Å²) in [6.45, 7) is 0. The van der Waals surface area contributed by atoms with Crippen molar-refractivity contribution in [2.24, 2.45) is 10.7 Å². The van der Waals surface area contributed by atoms with Gasteiger partial charge < -0.3 is 10.8 Å². The molecule has 1 amide bonds. The molecule has 10 heteroatoms. The van der Waals surface area contributed by atoms with Crippen LogP contribution < -0.4 is 5.73 Å². The number of hydrogen-bond donors (Lipinski definition) is 2. The number of alkyl halides is 3. The highest BCUT2D eigenvalue weighted by Gasteiger charge is 2.36. The van der Waals surface area contributed by atoms with Crippen molar-refractivity contribution in [3.63, 3.8) is 0 Å². The van der Waals surface area contributed by atoms with Crippen LogP contribution >= 0.6 is 15.9 Å². The lowest BCUT2D eigenvalue weighted by molar-refractivity contribution is -0.141. The smallest absolute Gasteiger partial charge is 0.434 e. The van der Waals surface area contributed by atoms with Gasteiger partial charge in [0.25, 0.3) is 0 Å². The Labute approximate surface area is 101 Å². The van der Waals surface area contributed by atoms with Crippen molar-refractivity contribution >= 4 is 27.9 Å². The Balaban J connectivity index is 3.34. The maximum absolute atomic E-state index is 12.4. The van der Waals surface area contributed by atoms with Gasteiger partial charge in [0.15, 0.2) is 11.5 Å². The van der Waals surface area contributed by atoms with Crippen LogP contribution in [0.4, 0.5) is 18.0 Å². The Hall–Kier alpha value is -1.71. The van der Waals surface area contributed by atoms with E-state index in [-0.39, 0.29) is 0 Å². The highest BCUT2D eigenvalue weighted by Crippen LogP contribution is 2.33. The minimum atomic E-state index is -4.71. The SMILES string of the molecule is NC(=NC(=O)O)c1ncnc(C(F)(F)F)c1Br. The molecular weight excluding hydrogens is 309 g/mol. The fourth-order valence-corrected chi connectivity index (χ4v) is 1.53.